The molecule has 0 aromatic heterocycles. The van der Waals surface area contributed by atoms with Gasteiger partial charge in [-0.2, -0.15) is 0 Å². The molecule has 0 radical (unpaired) electrons. The predicted octanol–water partition coefficient (Wildman–Crippen LogP) is 1.97. The number of aliphatic carboxylic acids is 1. The monoisotopic (exact) mass is 199 g/mol. The first-order valence-corrected chi connectivity index (χ1v) is 5.51. The molecule has 0 spiro atoms. The zero-order valence-electron chi connectivity index (χ0n) is 9.20. The number of carbonyl (C=O) groups is 1. The van der Waals surface area contributed by atoms with Crippen molar-refractivity contribution in [3.8, 4) is 0 Å². The van der Waals surface area contributed by atoms with Gasteiger partial charge in [0.15, 0.2) is 0 Å². The first-order chi connectivity index (χ1) is 6.59. The van der Waals surface area contributed by atoms with E-state index in [1.807, 2.05) is 0 Å². The molecule has 1 aliphatic rings. The molecule has 1 aliphatic carbocycles. The second-order valence-electron chi connectivity index (χ2n) is 4.55. The summed E-state index contributed by atoms with van der Waals surface area (Å²) in [5.74, 6) is 0.167. The van der Waals surface area contributed by atoms with E-state index in [0.717, 1.165) is 18.9 Å². The van der Waals surface area contributed by atoms with E-state index in [-0.39, 0.29) is 0 Å². The van der Waals surface area contributed by atoms with Crippen LogP contribution < -0.4 is 0 Å². The van der Waals surface area contributed by atoms with Crippen molar-refractivity contribution in [3.05, 3.63) is 0 Å². The lowest BCUT2D eigenvalue weighted by atomic mass is 10.1. The van der Waals surface area contributed by atoms with Gasteiger partial charge in [-0.05, 0) is 45.2 Å². The Labute approximate surface area is 86.1 Å². The maximum atomic E-state index is 10.3. The van der Waals surface area contributed by atoms with Crippen LogP contribution >= 0.6 is 0 Å². The molecule has 0 bridgehead atoms. The highest BCUT2D eigenvalue weighted by atomic mass is 16.4. The first-order valence-electron chi connectivity index (χ1n) is 5.51. The van der Waals surface area contributed by atoms with Gasteiger partial charge in [-0.15, -0.1) is 0 Å². The van der Waals surface area contributed by atoms with Crippen molar-refractivity contribution >= 4 is 5.97 Å². The normalized spacial score (nSPS) is 27.1. The van der Waals surface area contributed by atoms with E-state index in [0.29, 0.717) is 12.5 Å². The van der Waals surface area contributed by atoms with Crippen LogP contribution in [0.5, 0.6) is 0 Å². The zero-order valence-corrected chi connectivity index (χ0v) is 9.20. The molecule has 3 heteroatoms. The van der Waals surface area contributed by atoms with E-state index in [2.05, 4.69) is 18.9 Å². The quantitative estimate of drug-likeness (QED) is 0.736. The molecule has 0 aromatic carbocycles. The third kappa shape index (κ3) is 3.66. The van der Waals surface area contributed by atoms with Crippen molar-refractivity contribution in [2.45, 2.75) is 45.1 Å². The van der Waals surface area contributed by atoms with Crippen LogP contribution in [0.3, 0.4) is 0 Å². The molecule has 0 aromatic rings. The largest absolute Gasteiger partial charge is 0.481 e. The van der Waals surface area contributed by atoms with Gasteiger partial charge >= 0.3 is 5.97 Å². The highest BCUT2D eigenvalue weighted by Gasteiger charge is 2.24. The van der Waals surface area contributed by atoms with Crippen LogP contribution in [0.15, 0.2) is 0 Å². The minimum Gasteiger partial charge on any atom is -0.481 e. The summed E-state index contributed by atoms with van der Waals surface area (Å²) >= 11 is 0. The van der Waals surface area contributed by atoms with Crippen LogP contribution in [0.4, 0.5) is 0 Å². The van der Waals surface area contributed by atoms with Crippen LogP contribution in [0.2, 0.25) is 0 Å². The molecule has 3 nitrogen and oxygen atoms in total. The van der Waals surface area contributed by atoms with Gasteiger partial charge in [-0.3, -0.25) is 4.79 Å². The van der Waals surface area contributed by atoms with Crippen LogP contribution in [0, 0.1) is 5.92 Å². The average Bonchev–Trinajstić information content (AvgIpc) is 2.51. The maximum absolute atomic E-state index is 10.3. The van der Waals surface area contributed by atoms with Crippen LogP contribution in [0.1, 0.15) is 39.0 Å². The van der Waals surface area contributed by atoms with Gasteiger partial charge in [0.25, 0.3) is 0 Å². The van der Waals surface area contributed by atoms with E-state index in [4.69, 9.17) is 5.11 Å². The molecular weight excluding hydrogens is 178 g/mol. The third-order valence-corrected chi connectivity index (χ3v) is 3.19. The zero-order chi connectivity index (χ0) is 10.6. The van der Waals surface area contributed by atoms with Crippen molar-refractivity contribution < 1.29 is 9.90 Å². The van der Waals surface area contributed by atoms with E-state index in [9.17, 15) is 4.79 Å². The number of carboxylic acids is 1. The molecule has 1 N–H and O–H groups in total. The molecule has 0 saturated heterocycles. The minimum atomic E-state index is -0.682. The summed E-state index contributed by atoms with van der Waals surface area (Å²) in [7, 11) is 2.12. The average molecular weight is 199 g/mol. The Morgan fingerprint density at radius 1 is 1.50 bits per heavy atom. The van der Waals surface area contributed by atoms with Crippen molar-refractivity contribution in [1.82, 2.24) is 4.90 Å². The van der Waals surface area contributed by atoms with Gasteiger partial charge in [0, 0.05) is 12.5 Å². The smallest absolute Gasteiger partial charge is 0.303 e. The van der Waals surface area contributed by atoms with Crippen molar-refractivity contribution in [2.75, 3.05) is 13.6 Å². The second-order valence-corrected chi connectivity index (χ2v) is 4.55. The number of carboxylic acid groups (broad SMARTS) is 1. The lowest BCUT2D eigenvalue weighted by Gasteiger charge is -2.23. The first kappa shape index (κ1) is 11.5. The van der Waals surface area contributed by atoms with E-state index < -0.39 is 5.97 Å². The molecule has 14 heavy (non-hydrogen) atoms. The molecule has 0 aliphatic heterocycles. The van der Waals surface area contributed by atoms with Crippen LogP contribution in [0.25, 0.3) is 0 Å². The highest BCUT2D eigenvalue weighted by molar-refractivity contribution is 5.66. The second kappa shape index (κ2) is 5.35. The Balaban J connectivity index is 2.15. The number of hydrogen-bond acceptors (Lipinski definition) is 2. The van der Waals surface area contributed by atoms with Crippen molar-refractivity contribution in [1.29, 1.82) is 0 Å². The summed E-state index contributed by atoms with van der Waals surface area (Å²) in [6, 6.07) is 0.693. The Bertz CT molecular complexity index is 194. The number of rotatable bonds is 5. The summed E-state index contributed by atoms with van der Waals surface area (Å²) in [5.41, 5.74) is 0. The van der Waals surface area contributed by atoms with Gasteiger partial charge < -0.3 is 10.0 Å². The van der Waals surface area contributed by atoms with Crippen molar-refractivity contribution in [3.63, 3.8) is 0 Å². The van der Waals surface area contributed by atoms with E-state index in [1.54, 1.807) is 0 Å². The molecule has 1 saturated carbocycles. The van der Waals surface area contributed by atoms with Gasteiger partial charge in [-0.25, -0.2) is 0 Å². The molecule has 0 amide bonds. The Hall–Kier alpha value is -0.570. The lowest BCUT2D eigenvalue weighted by molar-refractivity contribution is -0.137. The van der Waals surface area contributed by atoms with Gasteiger partial charge in [0.1, 0.15) is 0 Å². The molecule has 1 rings (SSSR count). The summed E-state index contributed by atoms with van der Waals surface area (Å²) in [6.07, 6.45) is 4.96. The highest BCUT2D eigenvalue weighted by Crippen LogP contribution is 2.28. The summed E-state index contributed by atoms with van der Waals surface area (Å²) in [6.45, 7) is 3.22. The number of nitrogens with zero attached hydrogens (tertiary/aromatic N) is 1. The fraction of sp³-hybridized carbons (Fsp3) is 0.909. The van der Waals surface area contributed by atoms with E-state index in [1.165, 1.54) is 19.3 Å². The lowest BCUT2D eigenvalue weighted by Crippen LogP contribution is -2.30. The maximum Gasteiger partial charge on any atom is 0.303 e. The fourth-order valence-corrected chi connectivity index (χ4v) is 2.24. The summed E-state index contributed by atoms with van der Waals surface area (Å²) in [5, 5.41) is 8.52. The minimum absolute atomic E-state index is 0.298. The molecular formula is C11H21NO2. The summed E-state index contributed by atoms with van der Waals surface area (Å²) < 4.78 is 0. The van der Waals surface area contributed by atoms with E-state index >= 15 is 0 Å². The third-order valence-electron chi connectivity index (χ3n) is 3.19. The van der Waals surface area contributed by atoms with Gasteiger partial charge in [-0.1, -0.05) is 6.92 Å². The molecule has 1 fully saturated rings. The summed E-state index contributed by atoms with van der Waals surface area (Å²) in [4.78, 5) is 12.7. The molecule has 82 valence electrons. The van der Waals surface area contributed by atoms with Crippen molar-refractivity contribution in [2.24, 2.45) is 5.92 Å². The van der Waals surface area contributed by atoms with Crippen LogP contribution in [-0.2, 0) is 4.79 Å². The number of hydrogen-bond donors (Lipinski definition) is 1. The Kier molecular flexibility index (Phi) is 4.39. The topological polar surface area (TPSA) is 40.5 Å². The van der Waals surface area contributed by atoms with Gasteiger partial charge in [0.2, 0.25) is 0 Å². The molecule has 2 unspecified atom stereocenters. The standard InChI is InChI=1S/C11H21NO2/c1-9-5-6-10(8-9)12(2)7-3-4-11(13)14/h9-10H,3-8H2,1-2H3,(H,13,14). The fourth-order valence-electron chi connectivity index (χ4n) is 2.24. The molecule has 0 heterocycles. The predicted molar refractivity (Wildman–Crippen MR) is 56.3 cm³/mol. The van der Waals surface area contributed by atoms with Gasteiger partial charge in [0.05, 0.1) is 0 Å². The Morgan fingerprint density at radius 2 is 2.21 bits per heavy atom. The SMILES string of the molecule is CC1CCC(N(C)CCCC(=O)O)C1. The molecule has 2 atom stereocenters. The Morgan fingerprint density at radius 3 is 2.71 bits per heavy atom. The van der Waals surface area contributed by atoms with Crippen LogP contribution in [-0.4, -0.2) is 35.6 Å².